The van der Waals surface area contributed by atoms with Gasteiger partial charge < -0.3 is 24.4 Å². The fraction of sp³-hybridized carbons (Fsp3) is 0.360. The first kappa shape index (κ1) is 20.6. The highest BCUT2D eigenvalue weighted by molar-refractivity contribution is 5.99. The maximum atomic E-state index is 13.3. The number of ether oxygens (including phenoxy) is 3. The molecule has 0 aromatic heterocycles. The van der Waals surface area contributed by atoms with Crippen molar-refractivity contribution < 1.29 is 23.8 Å². The molecule has 1 spiro atoms. The Morgan fingerprint density at radius 3 is 2.69 bits per heavy atom. The van der Waals surface area contributed by atoms with Gasteiger partial charge in [-0.2, -0.15) is 0 Å². The summed E-state index contributed by atoms with van der Waals surface area (Å²) in [4.78, 5) is 28.4. The van der Waals surface area contributed by atoms with Crippen LogP contribution in [0.25, 0.3) is 0 Å². The lowest BCUT2D eigenvalue weighted by molar-refractivity contribution is -0.135. The molecule has 2 bridgehead atoms. The van der Waals surface area contributed by atoms with Crippen LogP contribution in [-0.2, 0) is 20.7 Å². The molecule has 3 heterocycles. The number of nitrogens with zero attached hydrogens (tertiary/aromatic N) is 1. The van der Waals surface area contributed by atoms with Gasteiger partial charge in [0, 0.05) is 18.3 Å². The van der Waals surface area contributed by atoms with E-state index in [1.54, 1.807) is 32.4 Å². The van der Waals surface area contributed by atoms with Gasteiger partial charge in [-0.25, -0.2) is 0 Å². The minimum Gasteiger partial charge on any atom is -0.493 e. The quantitative estimate of drug-likeness (QED) is 0.678. The van der Waals surface area contributed by atoms with Crippen molar-refractivity contribution in [2.75, 3.05) is 32.6 Å². The van der Waals surface area contributed by atoms with Gasteiger partial charge in [0.1, 0.15) is 5.60 Å². The van der Waals surface area contributed by atoms with Crippen LogP contribution in [0.5, 0.6) is 11.5 Å². The molecule has 0 aliphatic carbocycles. The molecule has 0 saturated carbocycles. The average Bonchev–Trinajstić information content (AvgIpc) is 3.46. The van der Waals surface area contributed by atoms with Gasteiger partial charge in [0.05, 0.1) is 38.7 Å². The van der Waals surface area contributed by atoms with Gasteiger partial charge >= 0.3 is 0 Å². The van der Waals surface area contributed by atoms with Crippen LogP contribution in [0.15, 0.2) is 60.7 Å². The van der Waals surface area contributed by atoms with Crippen molar-refractivity contribution in [3.05, 3.63) is 66.2 Å². The van der Waals surface area contributed by atoms with Crippen LogP contribution < -0.4 is 14.8 Å². The number of anilines is 1. The average molecular weight is 434 g/mol. The molecule has 2 aromatic carbocycles. The molecule has 4 atom stereocenters. The summed E-state index contributed by atoms with van der Waals surface area (Å²) in [5.74, 6) is -0.210. The third kappa shape index (κ3) is 3.33. The number of nitrogens with one attached hydrogen (secondary N) is 1. The van der Waals surface area contributed by atoms with Crippen molar-refractivity contribution in [3.63, 3.8) is 0 Å². The van der Waals surface area contributed by atoms with E-state index in [-0.39, 0.29) is 17.9 Å². The number of carbonyl (C=O) groups is 2. The highest BCUT2D eigenvalue weighted by Crippen LogP contribution is 2.52. The number of hydrogen-bond donors (Lipinski definition) is 1. The monoisotopic (exact) mass is 434 g/mol. The lowest BCUT2D eigenvalue weighted by Crippen LogP contribution is -2.41. The number of benzene rings is 2. The zero-order valence-electron chi connectivity index (χ0n) is 18.1. The first-order valence-corrected chi connectivity index (χ1v) is 10.8. The second kappa shape index (κ2) is 7.98. The largest absolute Gasteiger partial charge is 0.493 e. The van der Waals surface area contributed by atoms with Gasteiger partial charge in [-0.15, -0.1) is 0 Å². The van der Waals surface area contributed by atoms with Gasteiger partial charge in [-0.3, -0.25) is 9.59 Å². The SMILES string of the molecule is COc1ccc(NC(=O)C2C3C(=O)N(CCc4ccccc4)C[C@]34C=C[C@@H]2O4)cc1OC. The minimum absolute atomic E-state index is 0.0137. The Morgan fingerprint density at radius 1 is 1.16 bits per heavy atom. The molecule has 2 amide bonds. The standard InChI is InChI=1S/C25H26N2O5/c1-30-18-9-8-17(14-20(18)31-2)26-23(28)21-19-10-12-25(32-19)15-27(24(29)22(21)25)13-11-16-6-4-3-5-7-16/h3-10,12,14,19,21-22H,11,13,15H2,1-2H3,(H,26,28)/t19-,21?,22?,25+/m0/s1. The van der Waals surface area contributed by atoms with Gasteiger partial charge in [0.15, 0.2) is 11.5 Å². The Labute approximate surface area is 186 Å². The summed E-state index contributed by atoms with van der Waals surface area (Å²) in [5, 5.41) is 2.94. The maximum Gasteiger partial charge on any atom is 0.231 e. The summed E-state index contributed by atoms with van der Waals surface area (Å²) in [7, 11) is 3.10. The lowest BCUT2D eigenvalue weighted by atomic mass is 9.77. The Balaban J connectivity index is 1.32. The number of fused-ring (bicyclic) bond motifs is 1. The molecule has 3 aliphatic rings. The van der Waals surface area contributed by atoms with E-state index in [1.807, 2.05) is 35.3 Å². The molecule has 2 unspecified atom stereocenters. The molecule has 5 rings (SSSR count). The van der Waals surface area contributed by atoms with E-state index in [1.165, 1.54) is 5.56 Å². The van der Waals surface area contributed by atoms with Crippen LogP contribution in [0.1, 0.15) is 5.56 Å². The fourth-order valence-corrected chi connectivity index (χ4v) is 5.12. The van der Waals surface area contributed by atoms with Gasteiger partial charge in [-0.05, 0) is 24.1 Å². The molecule has 32 heavy (non-hydrogen) atoms. The van der Waals surface area contributed by atoms with Crippen molar-refractivity contribution in [1.82, 2.24) is 4.90 Å². The molecule has 1 N–H and O–H groups in total. The van der Waals surface area contributed by atoms with Gasteiger partial charge in [0.25, 0.3) is 0 Å². The fourth-order valence-electron chi connectivity index (χ4n) is 5.12. The number of hydrogen-bond acceptors (Lipinski definition) is 5. The first-order chi connectivity index (χ1) is 15.5. The second-order valence-electron chi connectivity index (χ2n) is 8.45. The van der Waals surface area contributed by atoms with Crippen molar-refractivity contribution >= 4 is 17.5 Å². The predicted molar refractivity (Wildman–Crippen MR) is 119 cm³/mol. The van der Waals surface area contributed by atoms with Crippen LogP contribution in [0.2, 0.25) is 0 Å². The van der Waals surface area contributed by atoms with Crippen LogP contribution in [0, 0.1) is 11.8 Å². The number of carbonyl (C=O) groups excluding carboxylic acids is 2. The first-order valence-electron chi connectivity index (χ1n) is 10.8. The molecule has 2 fully saturated rings. The summed E-state index contributed by atoms with van der Waals surface area (Å²) in [6, 6.07) is 15.3. The Morgan fingerprint density at radius 2 is 1.94 bits per heavy atom. The molecule has 166 valence electrons. The Bertz CT molecular complexity index is 1070. The van der Waals surface area contributed by atoms with Crippen LogP contribution in [0.4, 0.5) is 5.69 Å². The number of rotatable bonds is 7. The van der Waals surface area contributed by atoms with Crippen molar-refractivity contribution in [3.8, 4) is 11.5 Å². The Kier molecular flexibility index (Phi) is 5.13. The molecule has 0 radical (unpaired) electrons. The maximum absolute atomic E-state index is 13.3. The molecular weight excluding hydrogens is 408 g/mol. The van der Waals surface area contributed by atoms with Gasteiger partial charge in [-0.1, -0.05) is 42.5 Å². The summed E-state index contributed by atoms with van der Waals surface area (Å²) in [5.41, 5.74) is 1.05. The summed E-state index contributed by atoms with van der Waals surface area (Å²) in [6.45, 7) is 1.09. The topological polar surface area (TPSA) is 77.1 Å². The Hall–Kier alpha value is -3.32. The molecule has 7 heteroatoms. The van der Waals surface area contributed by atoms with Crippen molar-refractivity contribution in [2.45, 2.75) is 18.1 Å². The smallest absolute Gasteiger partial charge is 0.231 e. The van der Waals surface area contributed by atoms with E-state index >= 15 is 0 Å². The van der Waals surface area contributed by atoms with Crippen molar-refractivity contribution in [2.24, 2.45) is 11.8 Å². The van der Waals surface area contributed by atoms with E-state index in [0.717, 1.165) is 6.42 Å². The number of amides is 2. The molecule has 3 aliphatic heterocycles. The number of methoxy groups -OCH3 is 2. The third-order valence-corrected chi connectivity index (χ3v) is 6.65. The lowest BCUT2D eigenvalue weighted by Gasteiger charge is -2.23. The molecule has 2 saturated heterocycles. The summed E-state index contributed by atoms with van der Waals surface area (Å²) in [6.07, 6.45) is 4.28. The molecular formula is C25H26N2O5. The summed E-state index contributed by atoms with van der Waals surface area (Å²) >= 11 is 0. The van der Waals surface area contributed by atoms with Crippen LogP contribution in [-0.4, -0.2) is 55.7 Å². The van der Waals surface area contributed by atoms with E-state index in [0.29, 0.717) is 30.3 Å². The second-order valence-corrected chi connectivity index (χ2v) is 8.45. The highest BCUT2D eigenvalue weighted by Gasteiger charge is 2.66. The zero-order valence-corrected chi connectivity index (χ0v) is 18.1. The minimum atomic E-state index is -0.710. The molecule has 2 aromatic rings. The predicted octanol–water partition coefficient (Wildman–Crippen LogP) is 2.67. The van der Waals surface area contributed by atoms with Crippen LogP contribution >= 0.6 is 0 Å². The number of likely N-dealkylation sites (tertiary alicyclic amines) is 1. The normalized spacial score (nSPS) is 27.5. The van der Waals surface area contributed by atoms with E-state index in [9.17, 15) is 9.59 Å². The highest BCUT2D eigenvalue weighted by atomic mass is 16.5. The van der Waals surface area contributed by atoms with Gasteiger partial charge in [0.2, 0.25) is 11.8 Å². The summed E-state index contributed by atoms with van der Waals surface area (Å²) < 4.78 is 16.8. The third-order valence-electron chi connectivity index (χ3n) is 6.65. The zero-order chi connectivity index (χ0) is 22.3. The van der Waals surface area contributed by atoms with Crippen molar-refractivity contribution in [1.29, 1.82) is 0 Å². The van der Waals surface area contributed by atoms with Crippen LogP contribution in [0.3, 0.4) is 0 Å². The van der Waals surface area contributed by atoms with E-state index < -0.39 is 17.4 Å². The van der Waals surface area contributed by atoms with E-state index in [2.05, 4.69) is 17.4 Å². The van der Waals surface area contributed by atoms with E-state index in [4.69, 9.17) is 14.2 Å². The molecule has 7 nitrogen and oxygen atoms in total.